The molecule has 6 nitrogen and oxygen atoms in total. The van der Waals surface area contributed by atoms with E-state index in [4.69, 9.17) is 9.47 Å². The fourth-order valence-electron chi connectivity index (χ4n) is 2.53. The third-order valence-electron chi connectivity index (χ3n) is 3.77. The number of carbonyl (C=O) groups excluding carboxylic acids is 2. The van der Waals surface area contributed by atoms with Gasteiger partial charge in [-0.15, -0.1) is 0 Å². The van der Waals surface area contributed by atoms with Gasteiger partial charge in [-0.05, 0) is 36.4 Å². The van der Waals surface area contributed by atoms with Gasteiger partial charge in [0.05, 0.1) is 24.8 Å². The zero-order chi connectivity index (χ0) is 17.1. The minimum Gasteiger partial charge on any atom is -0.497 e. The molecular formula is C18H17NO5. The number of hydrogen-bond acceptors (Lipinski definition) is 5. The highest BCUT2D eigenvalue weighted by Gasteiger charge is 2.36. The van der Waals surface area contributed by atoms with Crippen molar-refractivity contribution in [3.05, 3.63) is 59.7 Å². The predicted molar refractivity (Wildman–Crippen MR) is 86.3 cm³/mol. The smallest absolute Gasteiger partial charge is 0.261 e. The van der Waals surface area contributed by atoms with Gasteiger partial charge in [-0.2, -0.15) is 0 Å². The zero-order valence-electron chi connectivity index (χ0n) is 13.1. The summed E-state index contributed by atoms with van der Waals surface area (Å²) < 4.78 is 10.5. The first-order chi connectivity index (χ1) is 11.6. The van der Waals surface area contributed by atoms with Gasteiger partial charge in [0, 0.05) is 0 Å². The molecule has 0 bridgehead atoms. The monoisotopic (exact) mass is 327 g/mol. The van der Waals surface area contributed by atoms with Crippen molar-refractivity contribution in [3.8, 4) is 11.5 Å². The van der Waals surface area contributed by atoms with Gasteiger partial charge in [0.25, 0.3) is 11.8 Å². The Balaban J connectivity index is 1.58. The second kappa shape index (κ2) is 6.72. The lowest BCUT2D eigenvalue weighted by atomic mass is 10.1. The van der Waals surface area contributed by atoms with Crippen molar-refractivity contribution < 1.29 is 24.2 Å². The van der Waals surface area contributed by atoms with Crippen molar-refractivity contribution in [1.29, 1.82) is 0 Å². The number of ether oxygens (including phenoxy) is 2. The molecule has 0 aliphatic carbocycles. The summed E-state index contributed by atoms with van der Waals surface area (Å²) >= 11 is 0. The predicted octanol–water partition coefficient (Wildman–Crippen LogP) is 1.73. The summed E-state index contributed by atoms with van der Waals surface area (Å²) in [6.45, 7) is -0.137. The van der Waals surface area contributed by atoms with Crippen LogP contribution in [-0.4, -0.2) is 48.2 Å². The molecule has 0 radical (unpaired) electrons. The number of imide groups is 1. The van der Waals surface area contributed by atoms with E-state index in [2.05, 4.69) is 0 Å². The number of rotatable bonds is 6. The number of aliphatic hydroxyl groups is 1. The maximum Gasteiger partial charge on any atom is 0.261 e. The van der Waals surface area contributed by atoms with Crippen molar-refractivity contribution in [2.45, 2.75) is 6.10 Å². The molecule has 0 saturated carbocycles. The number of benzene rings is 2. The summed E-state index contributed by atoms with van der Waals surface area (Å²) in [6, 6.07) is 13.5. The third kappa shape index (κ3) is 3.09. The molecule has 6 heteroatoms. The highest BCUT2D eigenvalue weighted by Crippen LogP contribution is 2.23. The van der Waals surface area contributed by atoms with Gasteiger partial charge in [-0.1, -0.05) is 12.1 Å². The second-order valence-corrected chi connectivity index (χ2v) is 5.41. The maximum absolute atomic E-state index is 12.2. The molecule has 0 aromatic heterocycles. The summed E-state index contributed by atoms with van der Waals surface area (Å²) in [4.78, 5) is 25.5. The topological polar surface area (TPSA) is 76.1 Å². The Bertz CT molecular complexity index is 721. The van der Waals surface area contributed by atoms with Crippen LogP contribution in [0.25, 0.3) is 0 Å². The van der Waals surface area contributed by atoms with Crippen LogP contribution in [0.3, 0.4) is 0 Å². The molecule has 2 aromatic rings. The Morgan fingerprint density at radius 2 is 1.50 bits per heavy atom. The van der Waals surface area contributed by atoms with E-state index in [1.807, 2.05) is 0 Å². The summed E-state index contributed by atoms with van der Waals surface area (Å²) in [6.07, 6.45) is -0.977. The summed E-state index contributed by atoms with van der Waals surface area (Å²) in [5, 5.41) is 10.1. The van der Waals surface area contributed by atoms with Crippen LogP contribution >= 0.6 is 0 Å². The van der Waals surface area contributed by atoms with Crippen LogP contribution in [0.1, 0.15) is 20.7 Å². The van der Waals surface area contributed by atoms with E-state index in [1.165, 1.54) is 0 Å². The number of β-amino-alcohol motifs (C(OH)–C–C–N with tert-alkyl or cyclic N) is 1. The number of hydrogen-bond donors (Lipinski definition) is 1. The molecule has 24 heavy (non-hydrogen) atoms. The van der Waals surface area contributed by atoms with Crippen molar-refractivity contribution in [3.63, 3.8) is 0 Å². The molecule has 0 saturated heterocycles. The fourth-order valence-corrected chi connectivity index (χ4v) is 2.53. The average molecular weight is 327 g/mol. The van der Waals surface area contributed by atoms with Crippen molar-refractivity contribution >= 4 is 11.8 Å². The molecule has 1 N–H and O–H groups in total. The van der Waals surface area contributed by atoms with Gasteiger partial charge in [-0.25, -0.2) is 0 Å². The standard InChI is InChI=1S/C18H17NO5/c1-23-13-6-8-14(9-7-13)24-11-12(20)10-19-17(21)15-4-2-3-5-16(15)18(19)22/h2-9,12,20H,10-11H2,1H3/t12-/m1/s1. The first-order valence-electron chi connectivity index (χ1n) is 7.50. The SMILES string of the molecule is COc1ccc(OC[C@H](O)CN2C(=O)c3ccccc3C2=O)cc1. The van der Waals surface area contributed by atoms with E-state index >= 15 is 0 Å². The molecule has 1 heterocycles. The Morgan fingerprint density at radius 3 is 2.04 bits per heavy atom. The van der Waals surface area contributed by atoms with Crippen molar-refractivity contribution in [2.24, 2.45) is 0 Å². The number of fused-ring (bicyclic) bond motifs is 1. The minimum absolute atomic E-state index is 0.0280. The number of amides is 2. The number of aliphatic hydroxyl groups excluding tert-OH is 1. The zero-order valence-corrected chi connectivity index (χ0v) is 13.1. The number of nitrogens with zero attached hydrogens (tertiary/aromatic N) is 1. The van der Waals surface area contributed by atoms with E-state index in [0.717, 1.165) is 4.90 Å². The number of methoxy groups -OCH3 is 1. The fraction of sp³-hybridized carbons (Fsp3) is 0.222. The molecular weight excluding hydrogens is 310 g/mol. The summed E-state index contributed by atoms with van der Waals surface area (Å²) in [5.74, 6) is 0.490. The molecule has 1 atom stereocenters. The van der Waals surface area contributed by atoms with Crippen molar-refractivity contribution in [1.82, 2.24) is 4.90 Å². The van der Waals surface area contributed by atoms with Crippen LogP contribution < -0.4 is 9.47 Å². The van der Waals surface area contributed by atoms with E-state index in [9.17, 15) is 14.7 Å². The Morgan fingerprint density at radius 1 is 0.958 bits per heavy atom. The maximum atomic E-state index is 12.2. The lowest BCUT2D eigenvalue weighted by Gasteiger charge is -2.19. The Kier molecular flexibility index (Phi) is 4.48. The molecule has 0 unspecified atom stereocenters. The largest absolute Gasteiger partial charge is 0.497 e. The Hall–Kier alpha value is -2.86. The quantitative estimate of drug-likeness (QED) is 0.818. The molecule has 1 aliphatic heterocycles. The highest BCUT2D eigenvalue weighted by molar-refractivity contribution is 6.21. The summed E-state index contributed by atoms with van der Waals surface area (Å²) in [7, 11) is 1.57. The van der Waals surface area contributed by atoms with E-state index in [0.29, 0.717) is 22.6 Å². The Labute approximate surface area is 139 Å². The van der Waals surface area contributed by atoms with Gasteiger partial charge in [0.15, 0.2) is 0 Å². The van der Waals surface area contributed by atoms with Crippen LogP contribution in [0.15, 0.2) is 48.5 Å². The highest BCUT2D eigenvalue weighted by atomic mass is 16.5. The molecule has 3 rings (SSSR count). The molecule has 1 aliphatic rings. The number of carbonyl (C=O) groups is 2. The van der Waals surface area contributed by atoms with E-state index < -0.39 is 6.10 Å². The van der Waals surface area contributed by atoms with Gasteiger partial charge >= 0.3 is 0 Å². The van der Waals surface area contributed by atoms with Crippen LogP contribution in [0.5, 0.6) is 11.5 Å². The van der Waals surface area contributed by atoms with Crippen LogP contribution in [0.2, 0.25) is 0 Å². The minimum atomic E-state index is -0.977. The second-order valence-electron chi connectivity index (χ2n) is 5.41. The molecule has 0 fully saturated rings. The van der Waals surface area contributed by atoms with E-state index in [1.54, 1.807) is 55.6 Å². The van der Waals surface area contributed by atoms with Gasteiger partial charge < -0.3 is 14.6 Å². The average Bonchev–Trinajstić information content (AvgIpc) is 2.86. The van der Waals surface area contributed by atoms with Crippen LogP contribution in [-0.2, 0) is 0 Å². The lowest BCUT2D eigenvalue weighted by Crippen LogP contribution is -2.39. The lowest BCUT2D eigenvalue weighted by molar-refractivity contribution is 0.0456. The third-order valence-corrected chi connectivity index (χ3v) is 3.77. The van der Waals surface area contributed by atoms with Gasteiger partial charge in [0.1, 0.15) is 24.2 Å². The van der Waals surface area contributed by atoms with Crippen LogP contribution in [0, 0.1) is 0 Å². The molecule has 2 amide bonds. The van der Waals surface area contributed by atoms with Gasteiger partial charge in [-0.3, -0.25) is 14.5 Å². The molecule has 124 valence electrons. The molecule has 2 aromatic carbocycles. The first-order valence-corrected chi connectivity index (χ1v) is 7.50. The van der Waals surface area contributed by atoms with Gasteiger partial charge in [0.2, 0.25) is 0 Å². The van der Waals surface area contributed by atoms with Crippen molar-refractivity contribution in [2.75, 3.05) is 20.3 Å². The summed E-state index contributed by atoms with van der Waals surface area (Å²) in [5.41, 5.74) is 0.733. The van der Waals surface area contributed by atoms with Crippen LogP contribution in [0.4, 0.5) is 0 Å². The first kappa shape index (κ1) is 16.0. The normalized spacial score (nSPS) is 14.5. The van der Waals surface area contributed by atoms with E-state index in [-0.39, 0.29) is 25.0 Å². The molecule has 0 spiro atoms.